The van der Waals surface area contributed by atoms with E-state index in [1.807, 2.05) is 0 Å². The van der Waals surface area contributed by atoms with Crippen LogP contribution < -0.4 is 0 Å². The predicted octanol–water partition coefficient (Wildman–Crippen LogP) is 0.623. The van der Waals surface area contributed by atoms with Crippen molar-refractivity contribution in [1.82, 2.24) is 0 Å². The maximum absolute atomic E-state index is 11.0. The molecule has 0 unspecified atom stereocenters. The maximum Gasteiger partial charge on any atom is 0.333 e. The first-order valence-corrected chi connectivity index (χ1v) is 5.03. The Hall–Kier alpha value is -1.80. The maximum atomic E-state index is 11.0. The normalized spacial score (nSPS) is 11.0. The minimum Gasteiger partial charge on any atom is -0.279 e. The number of benzene rings is 1. The summed E-state index contributed by atoms with van der Waals surface area (Å²) in [5.74, 6) is 0. The Bertz CT molecular complexity index is 520. The molecule has 0 aliphatic heterocycles. The molecule has 0 spiro atoms. The molecule has 1 N–H and O–H groups in total. The standard InChI is InChI=1S/C7H5NO6S/c9-7(15(12,13)14)5-3-1-2-4-6(5)8(10)11/h1-4H,(H,12,13,14). The molecule has 80 valence electrons. The predicted molar refractivity (Wildman–Crippen MR) is 49.0 cm³/mol. The van der Waals surface area contributed by atoms with Crippen molar-refractivity contribution in [3.63, 3.8) is 0 Å². The summed E-state index contributed by atoms with van der Waals surface area (Å²) in [6.07, 6.45) is 0. The highest BCUT2D eigenvalue weighted by Gasteiger charge is 2.28. The first kappa shape index (κ1) is 11.3. The van der Waals surface area contributed by atoms with Crippen LogP contribution in [0.15, 0.2) is 24.3 Å². The monoisotopic (exact) mass is 231 g/mol. The Balaban J connectivity index is 3.39. The molecule has 0 aromatic heterocycles. The van der Waals surface area contributed by atoms with Crippen LogP contribution in [-0.2, 0) is 10.1 Å². The molecule has 0 fully saturated rings. The molecular formula is C7H5NO6S. The Kier molecular flexibility index (Phi) is 2.82. The lowest BCUT2D eigenvalue weighted by atomic mass is 10.2. The summed E-state index contributed by atoms with van der Waals surface area (Å²) >= 11 is 0. The van der Waals surface area contributed by atoms with E-state index in [1.165, 1.54) is 12.1 Å². The largest absolute Gasteiger partial charge is 0.333 e. The van der Waals surface area contributed by atoms with E-state index in [0.717, 1.165) is 12.1 Å². The van der Waals surface area contributed by atoms with Crippen molar-refractivity contribution in [3.8, 4) is 0 Å². The molecule has 7 nitrogen and oxygen atoms in total. The molecule has 8 heteroatoms. The SMILES string of the molecule is O=C(c1ccccc1[N+](=O)[O-])S(=O)(=O)O. The van der Waals surface area contributed by atoms with Gasteiger partial charge in [-0.05, 0) is 6.07 Å². The van der Waals surface area contributed by atoms with Crippen LogP contribution in [0.25, 0.3) is 0 Å². The summed E-state index contributed by atoms with van der Waals surface area (Å²) in [4.78, 5) is 20.6. The fourth-order valence-electron chi connectivity index (χ4n) is 0.944. The molecule has 1 rings (SSSR count). The number of para-hydroxylation sites is 1. The number of nitro benzene ring substituents is 1. The number of hydrogen-bond donors (Lipinski definition) is 1. The number of carbonyl (C=O) groups excluding carboxylic acids is 1. The molecule has 0 radical (unpaired) electrons. The van der Waals surface area contributed by atoms with Gasteiger partial charge in [0.05, 0.1) is 4.92 Å². The first-order valence-electron chi connectivity index (χ1n) is 3.59. The molecular weight excluding hydrogens is 226 g/mol. The summed E-state index contributed by atoms with van der Waals surface area (Å²) in [7, 11) is -4.96. The van der Waals surface area contributed by atoms with Crippen LogP contribution in [-0.4, -0.2) is 23.0 Å². The Labute approximate surface area is 84.2 Å². The summed E-state index contributed by atoms with van der Waals surface area (Å²) in [5.41, 5.74) is -1.33. The van der Waals surface area contributed by atoms with Crippen LogP contribution in [0.4, 0.5) is 5.69 Å². The van der Waals surface area contributed by atoms with Crippen LogP contribution in [0.3, 0.4) is 0 Å². The van der Waals surface area contributed by atoms with Gasteiger partial charge in [-0.2, -0.15) is 8.42 Å². The minimum atomic E-state index is -4.96. The van der Waals surface area contributed by atoms with Gasteiger partial charge >= 0.3 is 15.2 Å². The van der Waals surface area contributed by atoms with Crippen molar-refractivity contribution < 1.29 is 22.7 Å². The molecule has 0 saturated carbocycles. The molecule has 0 saturated heterocycles. The second kappa shape index (κ2) is 3.75. The number of rotatable bonds is 2. The third-order valence-electron chi connectivity index (χ3n) is 1.55. The van der Waals surface area contributed by atoms with Crippen molar-refractivity contribution in [2.75, 3.05) is 0 Å². The van der Waals surface area contributed by atoms with Crippen molar-refractivity contribution >= 4 is 20.9 Å². The van der Waals surface area contributed by atoms with E-state index < -0.39 is 31.4 Å². The van der Waals surface area contributed by atoms with Gasteiger partial charge < -0.3 is 0 Å². The summed E-state index contributed by atoms with van der Waals surface area (Å²) < 4.78 is 29.4. The number of nitro groups is 1. The zero-order valence-electron chi connectivity index (χ0n) is 7.15. The average molecular weight is 231 g/mol. The highest BCUT2D eigenvalue weighted by atomic mass is 32.2. The number of carbonyl (C=O) groups is 1. The van der Waals surface area contributed by atoms with Gasteiger partial charge in [-0.3, -0.25) is 19.5 Å². The molecule has 0 aliphatic carbocycles. The number of nitrogens with zero attached hydrogens (tertiary/aromatic N) is 1. The van der Waals surface area contributed by atoms with Crippen molar-refractivity contribution in [2.24, 2.45) is 0 Å². The van der Waals surface area contributed by atoms with Crippen LogP contribution in [0.1, 0.15) is 10.4 Å². The molecule has 0 bridgehead atoms. The van der Waals surface area contributed by atoms with Gasteiger partial charge in [0.1, 0.15) is 5.56 Å². The lowest BCUT2D eigenvalue weighted by molar-refractivity contribution is -0.385. The molecule has 0 atom stereocenters. The molecule has 0 aliphatic rings. The van der Waals surface area contributed by atoms with Crippen molar-refractivity contribution in [1.29, 1.82) is 0 Å². The highest BCUT2D eigenvalue weighted by Crippen LogP contribution is 2.19. The Morgan fingerprint density at radius 1 is 1.33 bits per heavy atom. The van der Waals surface area contributed by atoms with Gasteiger partial charge in [0.25, 0.3) is 5.69 Å². The van der Waals surface area contributed by atoms with Gasteiger partial charge in [-0.15, -0.1) is 0 Å². The lowest BCUT2D eigenvalue weighted by Crippen LogP contribution is -2.14. The van der Waals surface area contributed by atoms with E-state index in [-0.39, 0.29) is 0 Å². The van der Waals surface area contributed by atoms with Crippen molar-refractivity contribution in [3.05, 3.63) is 39.9 Å². The molecule has 0 heterocycles. The zero-order chi connectivity index (χ0) is 11.6. The van der Waals surface area contributed by atoms with Crippen molar-refractivity contribution in [2.45, 2.75) is 0 Å². The summed E-state index contributed by atoms with van der Waals surface area (Å²) in [5, 5.41) is 8.74. The molecule has 15 heavy (non-hydrogen) atoms. The van der Waals surface area contributed by atoms with Gasteiger partial charge in [-0.25, -0.2) is 0 Å². The van der Waals surface area contributed by atoms with E-state index in [0.29, 0.717) is 0 Å². The van der Waals surface area contributed by atoms with E-state index in [9.17, 15) is 23.3 Å². The van der Waals surface area contributed by atoms with Gasteiger partial charge in [0, 0.05) is 6.07 Å². The topological polar surface area (TPSA) is 115 Å². The molecule has 0 amide bonds. The lowest BCUT2D eigenvalue weighted by Gasteiger charge is -1.98. The van der Waals surface area contributed by atoms with Gasteiger partial charge in [0.15, 0.2) is 0 Å². The van der Waals surface area contributed by atoms with Crippen LogP contribution in [0.5, 0.6) is 0 Å². The highest BCUT2D eigenvalue weighted by molar-refractivity contribution is 8.01. The summed E-state index contributed by atoms with van der Waals surface area (Å²) in [6.45, 7) is 0. The van der Waals surface area contributed by atoms with E-state index >= 15 is 0 Å². The summed E-state index contributed by atoms with van der Waals surface area (Å²) in [6, 6.07) is 4.46. The minimum absolute atomic E-state index is 0.662. The molecule has 1 aromatic rings. The second-order valence-corrected chi connectivity index (χ2v) is 3.86. The Morgan fingerprint density at radius 2 is 1.87 bits per heavy atom. The van der Waals surface area contributed by atoms with Crippen LogP contribution in [0, 0.1) is 10.1 Å². The fraction of sp³-hybridized carbons (Fsp3) is 0. The van der Waals surface area contributed by atoms with Crippen LogP contribution >= 0.6 is 0 Å². The first-order chi connectivity index (χ1) is 6.84. The second-order valence-electron chi connectivity index (χ2n) is 2.54. The third kappa shape index (κ3) is 2.36. The van der Waals surface area contributed by atoms with E-state index in [2.05, 4.69) is 0 Å². The van der Waals surface area contributed by atoms with E-state index in [1.54, 1.807) is 0 Å². The number of hydrogen-bond acceptors (Lipinski definition) is 5. The Morgan fingerprint density at radius 3 is 2.33 bits per heavy atom. The van der Waals surface area contributed by atoms with E-state index in [4.69, 9.17) is 4.55 Å². The third-order valence-corrected chi connectivity index (χ3v) is 2.24. The van der Waals surface area contributed by atoms with Crippen LogP contribution in [0.2, 0.25) is 0 Å². The average Bonchev–Trinajstić information content (AvgIpc) is 2.15. The zero-order valence-corrected chi connectivity index (χ0v) is 7.97. The fourth-order valence-corrected chi connectivity index (χ4v) is 1.39. The smallest absolute Gasteiger partial charge is 0.279 e. The quantitative estimate of drug-likeness (QED) is 0.453. The molecule has 1 aromatic carbocycles. The van der Waals surface area contributed by atoms with Gasteiger partial charge in [-0.1, -0.05) is 12.1 Å². The van der Waals surface area contributed by atoms with Gasteiger partial charge in [0.2, 0.25) is 0 Å².